The first kappa shape index (κ1) is 25.7. The zero-order valence-corrected chi connectivity index (χ0v) is 16.7. The minimum absolute atomic E-state index is 0.0597. The molecule has 0 rings (SSSR count). The van der Waals surface area contributed by atoms with Gasteiger partial charge in [-0.15, -0.1) is 0 Å². The van der Waals surface area contributed by atoms with Crippen LogP contribution in [-0.4, -0.2) is 70.3 Å². The Kier molecular flexibility index (Phi) is 11.9. The fraction of sp³-hybridized carbons (Fsp3) is 0.688. The molecule has 0 saturated carbocycles. The molecule has 0 saturated heterocycles. The highest BCUT2D eigenvalue weighted by Crippen LogP contribution is 2.05. The first-order valence-corrected chi connectivity index (χ1v) is 9.29. The number of thiol groups is 1. The Hall–Kier alpha value is -2.34. The van der Waals surface area contributed by atoms with Crippen LogP contribution >= 0.6 is 12.6 Å². The van der Waals surface area contributed by atoms with Crippen LogP contribution in [0.2, 0.25) is 0 Å². The van der Waals surface area contributed by atoms with E-state index < -0.39 is 60.8 Å². The standard InChI is InChI=1S/C16H28N4O7S/c1-8(2)5-11(20-14(24)9(17)7-28)15(25)18-6-12(21)19-10(16(26)27)3-4-13(22)23/h8-11,28H,3-7,17H2,1-2H3,(H,18,25)(H,19,21)(H,20,24)(H,22,23)(H,26,27). The van der Waals surface area contributed by atoms with Gasteiger partial charge < -0.3 is 31.9 Å². The van der Waals surface area contributed by atoms with Crippen LogP contribution in [0.25, 0.3) is 0 Å². The summed E-state index contributed by atoms with van der Waals surface area (Å²) < 4.78 is 0. The second-order valence-corrected chi connectivity index (χ2v) is 6.95. The maximum absolute atomic E-state index is 12.3. The summed E-state index contributed by atoms with van der Waals surface area (Å²) in [7, 11) is 0. The van der Waals surface area contributed by atoms with E-state index in [4.69, 9.17) is 15.9 Å². The summed E-state index contributed by atoms with van der Waals surface area (Å²) in [6, 6.07) is -3.20. The van der Waals surface area contributed by atoms with Gasteiger partial charge >= 0.3 is 11.9 Å². The van der Waals surface area contributed by atoms with Crippen molar-refractivity contribution < 1.29 is 34.2 Å². The molecule has 7 N–H and O–H groups in total. The predicted molar refractivity (Wildman–Crippen MR) is 103 cm³/mol. The molecular weight excluding hydrogens is 392 g/mol. The van der Waals surface area contributed by atoms with Gasteiger partial charge in [-0.1, -0.05) is 13.8 Å². The van der Waals surface area contributed by atoms with Crippen molar-refractivity contribution in [2.24, 2.45) is 11.7 Å². The summed E-state index contributed by atoms with van der Waals surface area (Å²) in [4.78, 5) is 57.7. The number of nitrogens with one attached hydrogen (secondary N) is 3. The number of carboxylic acid groups (broad SMARTS) is 2. The lowest BCUT2D eigenvalue weighted by molar-refractivity contribution is -0.143. The lowest BCUT2D eigenvalue weighted by Gasteiger charge is -2.22. The van der Waals surface area contributed by atoms with E-state index in [2.05, 4.69) is 28.6 Å². The van der Waals surface area contributed by atoms with E-state index in [1.54, 1.807) is 0 Å². The molecule has 28 heavy (non-hydrogen) atoms. The van der Waals surface area contributed by atoms with Gasteiger partial charge in [0.1, 0.15) is 12.1 Å². The van der Waals surface area contributed by atoms with Gasteiger partial charge in [0.25, 0.3) is 0 Å². The van der Waals surface area contributed by atoms with Crippen molar-refractivity contribution in [3.63, 3.8) is 0 Å². The number of carboxylic acids is 2. The minimum Gasteiger partial charge on any atom is -0.481 e. The van der Waals surface area contributed by atoms with Crippen LogP contribution in [0.5, 0.6) is 0 Å². The normalized spacial score (nSPS) is 13.9. The van der Waals surface area contributed by atoms with Crippen LogP contribution in [-0.2, 0) is 24.0 Å². The number of hydrogen-bond acceptors (Lipinski definition) is 7. The van der Waals surface area contributed by atoms with Gasteiger partial charge in [-0.2, -0.15) is 12.6 Å². The maximum atomic E-state index is 12.3. The summed E-state index contributed by atoms with van der Waals surface area (Å²) >= 11 is 3.92. The van der Waals surface area contributed by atoms with Crippen molar-refractivity contribution >= 4 is 42.3 Å². The predicted octanol–water partition coefficient (Wildman–Crippen LogP) is -1.68. The zero-order chi connectivity index (χ0) is 21.9. The smallest absolute Gasteiger partial charge is 0.326 e. The molecule has 11 nitrogen and oxygen atoms in total. The van der Waals surface area contributed by atoms with Crippen LogP contribution in [0.1, 0.15) is 33.1 Å². The summed E-state index contributed by atoms with van der Waals surface area (Å²) in [5.41, 5.74) is 5.57. The molecule has 3 unspecified atom stereocenters. The number of hydrogen-bond donors (Lipinski definition) is 7. The third-order valence-corrected chi connectivity index (χ3v) is 3.97. The van der Waals surface area contributed by atoms with Crippen molar-refractivity contribution in [3.8, 4) is 0 Å². The molecule has 0 radical (unpaired) electrons. The number of nitrogens with two attached hydrogens (primary N) is 1. The Labute approximate surface area is 168 Å². The number of rotatable bonds is 13. The molecule has 160 valence electrons. The fourth-order valence-electron chi connectivity index (χ4n) is 2.13. The summed E-state index contributed by atoms with van der Waals surface area (Å²) in [6.45, 7) is 3.16. The Morgan fingerprint density at radius 3 is 2.07 bits per heavy atom. The topological polar surface area (TPSA) is 188 Å². The second kappa shape index (κ2) is 12.9. The highest BCUT2D eigenvalue weighted by molar-refractivity contribution is 7.80. The van der Waals surface area contributed by atoms with Crippen LogP contribution < -0.4 is 21.7 Å². The first-order chi connectivity index (χ1) is 13.0. The Morgan fingerprint density at radius 2 is 1.61 bits per heavy atom. The molecule has 0 aliphatic rings. The Morgan fingerprint density at radius 1 is 1.00 bits per heavy atom. The highest BCUT2D eigenvalue weighted by Gasteiger charge is 2.25. The van der Waals surface area contributed by atoms with Crippen LogP contribution in [0.3, 0.4) is 0 Å². The van der Waals surface area contributed by atoms with Crippen molar-refractivity contribution in [3.05, 3.63) is 0 Å². The first-order valence-electron chi connectivity index (χ1n) is 8.66. The molecule has 0 aromatic heterocycles. The lowest BCUT2D eigenvalue weighted by Crippen LogP contribution is -2.54. The summed E-state index contributed by atoms with van der Waals surface area (Å²) in [5, 5.41) is 24.6. The van der Waals surface area contributed by atoms with Gasteiger partial charge in [-0.25, -0.2) is 4.79 Å². The third kappa shape index (κ3) is 10.7. The molecular formula is C16H28N4O7S. The minimum atomic E-state index is -1.39. The third-order valence-electron chi connectivity index (χ3n) is 3.58. The van der Waals surface area contributed by atoms with Gasteiger partial charge in [-0.05, 0) is 18.8 Å². The number of aliphatic carboxylic acids is 2. The molecule has 0 aromatic rings. The van der Waals surface area contributed by atoms with E-state index in [1.165, 1.54) is 0 Å². The molecule has 0 fully saturated rings. The van der Waals surface area contributed by atoms with E-state index in [1.807, 2.05) is 13.8 Å². The lowest BCUT2D eigenvalue weighted by atomic mass is 10.0. The molecule has 0 bridgehead atoms. The summed E-state index contributed by atoms with van der Waals surface area (Å²) in [6.07, 6.45) is -0.426. The Balaban J connectivity index is 4.76. The molecule has 3 amide bonds. The van der Waals surface area contributed by atoms with Gasteiger partial charge in [-0.3, -0.25) is 19.2 Å². The van der Waals surface area contributed by atoms with Crippen molar-refractivity contribution in [2.75, 3.05) is 12.3 Å². The average molecular weight is 420 g/mol. The SMILES string of the molecule is CC(C)CC(NC(=O)C(N)CS)C(=O)NCC(=O)NC(CCC(=O)O)C(=O)O. The van der Waals surface area contributed by atoms with Gasteiger partial charge in [0.2, 0.25) is 17.7 Å². The molecule has 0 aliphatic carbocycles. The molecule has 0 spiro atoms. The van der Waals surface area contributed by atoms with Crippen LogP contribution in [0, 0.1) is 5.92 Å². The largest absolute Gasteiger partial charge is 0.481 e. The molecule has 0 aromatic carbocycles. The number of amides is 3. The van der Waals surface area contributed by atoms with E-state index in [0.29, 0.717) is 6.42 Å². The second-order valence-electron chi connectivity index (χ2n) is 6.59. The van der Waals surface area contributed by atoms with E-state index in [-0.39, 0.29) is 18.1 Å². The van der Waals surface area contributed by atoms with Gasteiger partial charge in [0.15, 0.2) is 0 Å². The van der Waals surface area contributed by atoms with Crippen LogP contribution in [0.4, 0.5) is 0 Å². The molecule has 0 heterocycles. The van der Waals surface area contributed by atoms with E-state index >= 15 is 0 Å². The summed E-state index contributed by atoms with van der Waals surface area (Å²) in [5.74, 6) is -4.40. The average Bonchev–Trinajstić information content (AvgIpc) is 2.60. The monoisotopic (exact) mass is 420 g/mol. The van der Waals surface area contributed by atoms with E-state index in [9.17, 15) is 24.0 Å². The zero-order valence-electron chi connectivity index (χ0n) is 15.8. The van der Waals surface area contributed by atoms with Crippen molar-refractivity contribution in [1.82, 2.24) is 16.0 Å². The van der Waals surface area contributed by atoms with Crippen molar-refractivity contribution in [1.29, 1.82) is 0 Å². The Bertz CT molecular complexity index is 585. The van der Waals surface area contributed by atoms with Gasteiger partial charge in [0, 0.05) is 12.2 Å². The molecule has 0 aliphatic heterocycles. The van der Waals surface area contributed by atoms with E-state index in [0.717, 1.165) is 0 Å². The molecule has 12 heteroatoms. The quantitative estimate of drug-likeness (QED) is 0.172. The van der Waals surface area contributed by atoms with Crippen LogP contribution in [0.15, 0.2) is 0 Å². The fourth-order valence-corrected chi connectivity index (χ4v) is 2.29. The number of carbonyl (C=O) groups is 5. The number of carbonyl (C=O) groups excluding carboxylic acids is 3. The van der Waals surface area contributed by atoms with Crippen molar-refractivity contribution in [2.45, 2.75) is 51.2 Å². The molecule has 3 atom stereocenters. The highest BCUT2D eigenvalue weighted by atomic mass is 32.1. The maximum Gasteiger partial charge on any atom is 0.326 e. The van der Waals surface area contributed by atoms with Gasteiger partial charge in [0.05, 0.1) is 12.6 Å².